The van der Waals surface area contributed by atoms with Gasteiger partial charge in [-0.2, -0.15) is 0 Å². The van der Waals surface area contributed by atoms with E-state index in [9.17, 15) is 9.90 Å². The highest BCUT2D eigenvalue weighted by molar-refractivity contribution is 9.10. The van der Waals surface area contributed by atoms with Crippen LogP contribution in [0.1, 0.15) is 27.0 Å². The van der Waals surface area contributed by atoms with Crippen molar-refractivity contribution in [3.8, 4) is 5.75 Å². The van der Waals surface area contributed by atoms with Gasteiger partial charge in [0, 0.05) is 14.2 Å². The number of hydrogen-bond acceptors (Lipinski definition) is 3. The Hall–Kier alpha value is -1.33. The number of halogens is 1. The van der Waals surface area contributed by atoms with Gasteiger partial charge in [-0.25, -0.2) is 0 Å². The molecule has 1 heterocycles. The highest BCUT2D eigenvalue weighted by atomic mass is 79.9. The van der Waals surface area contributed by atoms with E-state index in [1.54, 1.807) is 23.5 Å². The maximum Gasteiger partial charge on any atom is 0.255 e. The van der Waals surface area contributed by atoms with Gasteiger partial charge in [0.15, 0.2) is 0 Å². The summed E-state index contributed by atoms with van der Waals surface area (Å²) < 4.78 is 0.743. The second-order valence-corrected chi connectivity index (χ2v) is 6.23. The number of aryl methyl sites for hydroxylation is 1. The molecular weight excluding hydrogens is 326 g/mol. The van der Waals surface area contributed by atoms with Crippen molar-refractivity contribution in [1.82, 2.24) is 5.32 Å². The average Bonchev–Trinajstić information content (AvgIpc) is 2.84. The number of aromatic hydroxyl groups is 1. The predicted octanol–water partition coefficient (Wildman–Crippen LogP) is 3.71. The first-order valence-electron chi connectivity index (χ1n) is 5.94. The number of benzene rings is 1. The molecule has 0 fully saturated rings. The van der Waals surface area contributed by atoms with Crippen LogP contribution in [0.25, 0.3) is 0 Å². The van der Waals surface area contributed by atoms with Crippen LogP contribution in [0, 0.1) is 0 Å². The molecule has 2 rings (SSSR count). The monoisotopic (exact) mass is 339 g/mol. The van der Waals surface area contributed by atoms with E-state index >= 15 is 0 Å². The molecule has 0 aliphatic rings. The van der Waals surface area contributed by atoms with Crippen molar-refractivity contribution in [2.24, 2.45) is 0 Å². The number of nitrogens with one attached hydrogen (secondary N) is 1. The molecule has 0 aliphatic heterocycles. The summed E-state index contributed by atoms with van der Waals surface area (Å²) in [4.78, 5) is 14.4. The van der Waals surface area contributed by atoms with Crippen LogP contribution in [0.3, 0.4) is 0 Å². The van der Waals surface area contributed by atoms with E-state index in [1.807, 2.05) is 6.07 Å². The second kappa shape index (κ2) is 6.21. The Morgan fingerprint density at radius 2 is 2.05 bits per heavy atom. The van der Waals surface area contributed by atoms with Crippen molar-refractivity contribution in [3.05, 3.63) is 50.1 Å². The van der Waals surface area contributed by atoms with Crippen molar-refractivity contribution in [2.45, 2.75) is 19.9 Å². The highest BCUT2D eigenvalue weighted by Crippen LogP contribution is 2.22. The van der Waals surface area contributed by atoms with Gasteiger partial charge in [0.1, 0.15) is 5.75 Å². The Bertz CT molecular complexity index is 595. The summed E-state index contributed by atoms with van der Waals surface area (Å²) in [5.41, 5.74) is 0.287. The number of thiophene rings is 1. The van der Waals surface area contributed by atoms with Crippen molar-refractivity contribution < 1.29 is 9.90 Å². The fourth-order valence-electron chi connectivity index (χ4n) is 1.67. The van der Waals surface area contributed by atoms with Gasteiger partial charge >= 0.3 is 0 Å². The second-order valence-electron chi connectivity index (χ2n) is 4.07. The molecule has 1 amide bonds. The Morgan fingerprint density at radius 3 is 2.68 bits per heavy atom. The number of carbonyl (C=O) groups is 1. The van der Waals surface area contributed by atoms with Gasteiger partial charge in [0.05, 0.1) is 12.1 Å². The molecule has 3 nitrogen and oxygen atoms in total. The fraction of sp³-hybridized carbons (Fsp3) is 0.214. The first kappa shape index (κ1) is 14.1. The predicted molar refractivity (Wildman–Crippen MR) is 80.7 cm³/mol. The van der Waals surface area contributed by atoms with Crippen LogP contribution < -0.4 is 5.32 Å². The third kappa shape index (κ3) is 3.58. The SMILES string of the molecule is CCc1ccc(CNC(=O)c2ccc(Br)cc2O)s1. The molecule has 1 aromatic heterocycles. The first-order valence-corrected chi connectivity index (χ1v) is 7.55. The van der Waals surface area contributed by atoms with E-state index in [-0.39, 0.29) is 17.2 Å². The maximum absolute atomic E-state index is 11.9. The van der Waals surface area contributed by atoms with Crippen LogP contribution in [0.5, 0.6) is 5.75 Å². The fourth-order valence-corrected chi connectivity index (χ4v) is 2.91. The summed E-state index contributed by atoms with van der Waals surface area (Å²) >= 11 is 4.93. The molecule has 0 spiro atoms. The molecule has 2 N–H and O–H groups in total. The van der Waals surface area contributed by atoms with Gasteiger partial charge in [-0.1, -0.05) is 22.9 Å². The summed E-state index contributed by atoms with van der Waals surface area (Å²) in [5.74, 6) is -0.288. The van der Waals surface area contributed by atoms with Crippen LogP contribution in [0.15, 0.2) is 34.8 Å². The van der Waals surface area contributed by atoms with Gasteiger partial charge in [-0.3, -0.25) is 4.79 Å². The van der Waals surface area contributed by atoms with Crippen molar-refractivity contribution in [2.75, 3.05) is 0 Å². The van der Waals surface area contributed by atoms with E-state index in [0.717, 1.165) is 15.8 Å². The Morgan fingerprint density at radius 1 is 1.32 bits per heavy atom. The summed E-state index contributed by atoms with van der Waals surface area (Å²) in [5, 5.41) is 12.5. The van der Waals surface area contributed by atoms with Crippen LogP contribution >= 0.6 is 27.3 Å². The lowest BCUT2D eigenvalue weighted by molar-refractivity contribution is 0.0948. The summed E-state index contributed by atoms with van der Waals surface area (Å²) in [7, 11) is 0. The largest absolute Gasteiger partial charge is 0.507 e. The Balaban J connectivity index is 2.01. The Labute approximate surface area is 124 Å². The van der Waals surface area contributed by atoms with Gasteiger partial charge < -0.3 is 10.4 Å². The van der Waals surface area contributed by atoms with Gasteiger partial charge in [0.25, 0.3) is 5.91 Å². The van der Waals surface area contributed by atoms with Gasteiger partial charge in [-0.05, 0) is 36.8 Å². The lowest BCUT2D eigenvalue weighted by Gasteiger charge is -2.06. The number of hydrogen-bond donors (Lipinski definition) is 2. The molecule has 0 atom stereocenters. The first-order chi connectivity index (χ1) is 9.10. The van der Waals surface area contributed by atoms with E-state index in [4.69, 9.17) is 0 Å². The van der Waals surface area contributed by atoms with E-state index in [0.29, 0.717) is 6.54 Å². The van der Waals surface area contributed by atoms with E-state index < -0.39 is 0 Å². The molecule has 1 aromatic carbocycles. The van der Waals surface area contributed by atoms with Crippen LogP contribution in [-0.2, 0) is 13.0 Å². The number of phenols is 1. The Kier molecular flexibility index (Phi) is 4.61. The minimum atomic E-state index is -0.267. The van der Waals surface area contributed by atoms with Crippen LogP contribution in [-0.4, -0.2) is 11.0 Å². The zero-order chi connectivity index (χ0) is 13.8. The molecule has 0 saturated carbocycles. The number of phenolic OH excluding ortho intramolecular Hbond substituents is 1. The summed E-state index contributed by atoms with van der Waals surface area (Å²) in [6, 6.07) is 8.93. The summed E-state index contributed by atoms with van der Waals surface area (Å²) in [6.07, 6.45) is 1.01. The van der Waals surface area contributed by atoms with Gasteiger partial charge in [0.2, 0.25) is 0 Å². The van der Waals surface area contributed by atoms with E-state index in [2.05, 4.69) is 34.2 Å². The number of carbonyl (C=O) groups excluding carboxylic acids is 1. The molecular formula is C14H14BrNO2S. The normalized spacial score (nSPS) is 10.4. The molecule has 19 heavy (non-hydrogen) atoms. The molecule has 100 valence electrons. The number of rotatable bonds is 4. The molecule has 0 radical (unpaired) electrons. The summed E-state index contributed by atoms with van der Waals surface area (Å²) in [6.45, 7) is 2.59. The maximum atomic E-state index is 11.9. The van der Waals surface area contributed by atoms with E-state index in [1.165, 1.54) is 10.9 Å². The molecule has 0 bridgehead atoms. The van der Waals surface area contributed by atoms with Crippen molar-refractivity contribution >= 4 is 33.2 Å². The molecule has 0 aliphatic carbocycles. The van der Waals surface area contributed by atoms with Gasteiger partial charge in [-0.15, -0.1) is 11.3 Å². The zero-order valence-electron chi connectivity index (χ0n) is 10.4. The standard InChI is InChI=1S/C14H14BrNO2S/c1-2-10-4-5-11(19-10)8-16-14(18)12-6-3-9(15)7-13(12)17/h3-7,17H,2,8H2,1H3,(H,16,18). The lowest BCUT2D eigenvalue weighted by atomic mass is 10.2. The smallest absolute Gasteiger partial charge is 0.255 e. The topological polar surface area (TPSA) is 49.3 Å². The van der Waals surface area contributed by atoms with Crippen LogP contribution in [0.2, 0.25) is 0 Å². The lowest BCUT2D eigenvalue weighted by Crippen LogP contribution is -2.22. The van der Waals surface area contributed by atoms with Crippen molar-refractivity contribution in [3.63, 3.8) is 0 Å². The number of amides is 1. The van der Waals surface area contributed by atoms with Crippen molar-refractivity contribution in [1.29, 1.82) is 0 Å². The zero-order valence-corrected chi connectivity index (χ0v) is 12.8. The highest BCUT2D eigenvalue weighted by Gasteiger charge is 2.11. The molecule has 0 saturated heterocycles. The third-order valence-corrected chi connectivity index (χ3v) is 4.42. The van der Waals surface area contributed by atoms with Crippen LogP contribution in [0.4, 0.5) is 0 Å². The quantitative estimate of drug-likeness (QED) is 0.891. The third-order valence-electron chi connectivity index (χ3n) is 2.69. The molecule has 5 heteroatoms. The minimum absolute atomic E-state index is 0.0210. The minimum Gasteiger partial charge on any atom is -0.507 e. The molecule has 2 aromatic rings. The molecule has 0 unspecified atom stereocenters. The average molecular weight is 340 g/mol.